The topological polar surface area (TPSA) is 84.7 Å². The summed E-state index contributed by atoms with van der Waals surface area (Å²) in [5, 5.41) is 4.69. The summed E-state index contributed by atoms with van der Waals surface area (Å²) in [6.45, 7) is 13.1. The molecule has 1 aromatic carbocycles. The Bertz CT molecular complexity index is 501. The van der Waals surface area contributed by atoms with Crippen molar-refractivity contribution < 1.29 is 18.0 Å². The van der Waals surface area contributed by atoms with Crippen molar-refractivity contribution in [3.8, 4) is 0 Å². The van der Waals surface area contributed by atoms with Gasteiger partial charge in [-0.25, -0.2) is 11.0 Å². The van der Waals surface area contributed by atoms with E-state index in [9.17, 15) is 18.0 Å². The lowest BCUT2D eigenvalue weighted by molar-refractivity contribution is -0.137. The van der Waals surface area contributed by atoms with Gasteiger partial charge in [0.15, 0.2) is 0 Å². The highest BCUT2D eigenvalue weighted by molar-refractivity contribution is 5.72. The lowest BCUT2D eigenvalue weighted by Crippen LogP contribution is -2.30. The summed E-state index contributed by atoms with van der Waals surface area (Å²) < 4.78 is 37.6. The van der Waals surface area contributed by atoms with Crippen LogP contribution in [-0.4, -0.2) is 23.8 Å². The molecule has 0 bridgehead atoms. The van der Waals surface area contributed by atoms with Gasteiger partial charge in [0, 0.05) is 5.92 Å². The molecule has 4 N–H and O–H groups in total. The van der Waals surface area contributed by atoms with Gasteiger partial charge in [-0.3, -0.25) is 0 Å². The number of nitrogens with zero attached hydrogens (tertiary/aromatic N) is 2. The van der Waals surface area contributed by atoms with Crippen molar-refractivity contribution in [3.63, 3.8) is 0 Å². The van der Waals surface area contributed by atoms with Crippen molar-refractivity contribution in [2.75, 3.05) is 6.54 Å². The molecular formula is C18H33F3N4O. The summed E-state index contributed by atoms with van der Waals surface area (Å²) in [7, 11) is 0. The van der Waals surface area contributed by atoms with Gasteiger partial charge in [-0.15, -0.1) is 0 Å². The smallest absolute Gasteiger partial charge is 0.388 e. The Kier molecular flexibility index (Phi) is 18.1. The number of hydrazone groups is 1. The van der Waals surface area contributed by atoms with Gasteiger partial charge in [0.2, 0.25) is 0 Å². The normalized spacial score (nSPS) is 11.0. The van der Waals surface area contributed by atoms with Crippen molar-refractivity contribution in [2.24, 2.45) is 16.7 Å². The Hall–Kier alpha value is -2.09. The second-order valence-corrected chi connectivity index (χ2v) is 4.82. The number of hydrazine groups is 1. The molecule has 152 valence electrons. The number of nitrogens with two attached hydrogens (primary N) is 2. The first-order chi connectivity index (χ1) is 12.1. The molecule has 1 atom stereocenters. The second-order valence-electron chi connectivity index (χ2n) is 4.82. The average molecular weight is 378 g/mol. The van der Waals surface area contributed by atoms with Crippen LogP contribution in [0.2, 0.25) is 0 Å². The molecule has 1 unspecified atom stereocenters. The van der Waals surface area contributed by atoms with Crippen LogP contribution in [0.25, 0.3) is 0 Å². The Balaban J connectivity index is -0.000000568. The molecular weight excluding hydrogens is 345 g/mol. The van der Waals surface area contributed by atoms with Crippen molar-refractivity contribution in [1.29, 1.82) is 0 Å². The number of halogens is 3. The molecule has 0 aliphatic heterocycles. The van der Waals surface area contributed by atoms with E-state index in [2.05, 4.69) is 5.10 Å². The molecule has 1 aromatic rings. The molecule has 0 aliphatic carbocycles. The number of carbonyl (C=O) groups is 1. The van der Waals surface area contributed by atoms with E-state index in [1.54, 1.807) is 13.0 Å². The summed E-state index contributed by atoms with van der Waals surface area (Å²) in [6, 6.07) is 5.15. The minimum atomic E-state index is -4.34. The SMILES string of the molecule is CC.CC.CC(C)=O.CC(CN(N)/N=C\N)c1cccc(C(F)(F)F)c1. The summed E-state index contributed by atoms with van der Waals surface area (Å²) in [6.07, 6.45) is -3.31. The van der Waals surface area contributed by atoms with Crippen LogP contribution in [0.4, 0.5) is 13.2 Å². The molecule has 26 heavy (non-hydrogen) atoms. The van der Waals surface area contributed by atoms with E-state index in [0.717, 1.165) is 23.6 Å². The Morgan fingerprint density at radius 1 is 1.23 bits per heavy atom. The number of alkyl halides is 3. The molecule has 0 saturated carbocycles. The third-order valence-corrected chi connectivity index (χ3v) is 2.46. The first-order valence-corrected chi connectivity index (χ1v) is 8.48. The Morgan fingerprint density at radius 3 is 2.08 bits per heavy atom. The number of hydrogen-bond donors (Lipinski definition) is 2. The van der Waals surface area contributed by atoms with E-state index < -0.39 is 11.7 Å². The lowest BCUT2D eigenvalue weighted by Gasteiger charge is -2.18. The van der Waals surface area contributed by atoms with E-state index in [1.807, 2.05) is 27.7 Å². The molecule has 0 fully saturated rings. The summed E-state index contributed by atoms with van der Waals surface area (Å²) in [4.78, 5) is 9.44. The standard InChI is InChI=1S/C11H15F3N4.C3H6O.2C2H6/c1-8(6-18(16)17-7-15)9-3-2-4-10(5-9)11(12,13)14;1-3(2)4;2*1-2/h2-5,7-8H,6,16H2,1H3,(H2,15,17);1-2H3;2*1-2H3. The van der Waals surface area contributed by atoms with Gasteiger partial charge in [-0.1, -0.05) is 52.8 Å². The third kappa shape index (κ3) is 15.4. The molecule has 8 heteroatoms. The maximum Gasteiger partial charge on any atom is 0.416 e. The highest BCUT2D eigenvalue weighted by Gasteiger charge is 2.30. The lowest BCUT2D eigenvalue weighted by atomic mass is 9.99. The molecule has 0 aromatic heterocycles. The van der Waals surface area contributed by atoms with Crippen LogP contribution in [0, 0.1) is 0 Å². The van der Waals surface area contributed by atoms with Gasteiger partial charge in [-0.2, -0.15) is 18.3 Å². The molecule has 0 spiro atoms. The molecule has 1 rings (SSSR count). The van der Waals surface area contributed by atoms with E-state index in [4.69, 9.17) is 11.6 Å². The van der Waals surface area contributed by atoms with Crippen LogP contribution >= 0.6 is 0 Å². The third-order valence-electron chi connectivity index (χ3n) is 2.46. The fourth-order valence-corrected chi connectivity index (χ4v) is 1.54. The van der Waals surface area contributed by atoms with Crippen LogP contribution in [-0.2, 0) is 11.0 Å². The highest BCUT2D eigenvalue weighted by atomic mass is 19.4. The van der Waals surface area contributed by atoms with Crippen molar-refractivity contribution in [2.45, 2.75) is 60.6 Å². The summed E-state index contributed by atoms with van der Waals surface area (Å²) in [5.74, 6) is 5.45. The minimum Gasteiger partial charge on any atom is -0.388 e. The Labute approximate surface area is 155 Å². The predicted molar refractivity (Wildman–Crippen MR) is 102 cm³/mol. The van der Waals surface area contributed by atoms with Crippen LogP contribution < -0.4 is 11.6 Å². The monoisotopic (exact) mass is 378 g/mol. The fourth-order valence-electron chi connectivity index (χ4n) is 1.54. The zero-order chi connectivity index (χ0) is 21.3. The summed E-state index contributed by atoms with van der Waals surface area (Å²) >= 11 is 0. The number of benzene rings is 1. The zero-order valence-electron chi connectivity index (χ0n) is 16.8. The molecule has 0 amide bonds. The van der Waals surface area contributed by atoms with E-state index >= 15 is 0 Å². The maximum atomic E-state index is 12.5. The number of rotatable bonds is 4. The largest absolute Gasteiger partial charge is 0.416 e. The van der Waals surface area contributed by atoms with Gasteiger partial charge >= 0.3 is 6.18 Å². The Morgan fingerprint density at radius 2 is 1.69 bits per heavy atom. The molecule has 5 nitrogen and oxygen atoms in total. The van der Waals surface area contributed by atoms with Crippen molar-refractivity contribution in [3.05, 3.63) is 35.4 Å². The van der Waals surface area contributed by atoms with Crippen LogP contribution in [0.15, 0.2) is 29.4 Å². The molecule has 0 saturated heterocycles. The number of hydrogen-bond acceptors (Lipinski definition) is 4. The average Bonchev–Trinajstić information content (AvgIpc) is 2.57. The first kappa shape index (κ1) is 28.7. The fraction of sp³-hybridized carbons (Fsp3) is 0.556. The molecule has 0 aliphatic rings. The van der Waals surface area contributed by atoms with Crippen LogP contribution in [0.3, 0.4) is 0 Å². The van der Waals surface area contributed by atoms with Crippen molar-refractivity contribution >= 4 is 12.1 Å². The number of carbonyl (C=O) groups excluding carboxylic acids is 1. The van der Waals surface area contributed by atoms with Gasteiger partial charge in [0.25, 0.3) is 0 Å². The number of Topliss-reactive ketones (excluding diaryl/α,β-unsaturated/α-hetero) is 1. The molecule has 0 heterocycles. The minimum absolute atomic E-state index is 0.167. The van der Waals surface area contributed by atoms with E-state index in [0.29, 0.717) is 5.56 Å². The first-order valence-electron chi connectivity index (χ1n) is 8.48. The molecule has 0 radical (unpaired) electrons. The van der Waals surface area contributed by atoms with Crippen LogP contribution in [0.5, 0.6) is 0 Å². The summed E-state index contributed by atoms with van der Waals surface area (Å²) in [5.41, 5.74) is 4.94. The highest BCUT2D eigenvalue weighted by Crippen LogP contribution is 2.31. The quantitative estimate of drug-likeness (QED) is 0.349. The number of ketones is 1. The second kappa shape index (κ2) is 16.4. The van der Waals surface area contributed by atoms with Crippen LogP contribution in [0.1, 0.15) is 65.5 Å². The van der Waals surface area contributed by atoms with Gasteiger partial charge in [-0.05, 0) is 25.5 Å². The van der Waals surface area contributed by atoms with E-state index in [-0.39, 0.29) is 18.2 Å². The maximum absolute atomic E-state index is 12.5. The van der Waals surface area contributed by atoms with Crippen molar-refractivity contribution in [1.82, 2.24) is 5.12 Å². The van der Waals surface area contributed by atoms with Gasteiger partial charge in [0.1, 0.15) is 12.1 Å². The van der Waals surface area contributed by atoms with Gasteiger partial charge in [0.05, 0.1) is 12.1 Å². The van der Waals surface area contributed by atoms with Gasteiger partial charge < -0.3 is 10.5 Å². The predicted octanol–water partition coefficient (Wildman–Crippen LogP) is 4.53. The van der Waals surface area contributed by atoms with E-state index in [1.165, 1.54) is 19.9 Å². The zero-order valence-corrected chi connectivity index (χ0v) is 16.8.